The molecule has 20 heavy (non-hydrogen) atoms. The maximum Gasteiger partial charge on any atom is 0.124 e. The van der Waals surface area contributed by atoms with Crippen LogP contribution in [0.2, 0.25) is 4.34 Å². The van der Waals surface area contributed by atoms with Crippen LogP contribution < -0.4 is 10.1 Å². The summed E-state index contributed by atoms with van der Waals surface area (Å²) in [5, 5.41) is 3.59. The summed E-state index contributed by atoms with van der Waals surface area (Å²) in [4.78, 5) is 1.22. The number of hydrogen-bond donors (Lipinski definition) is 1. The van der Waals surface area contributed by atoms with Crippen LogP contribution in [-0.2, 0) is 0 Å². The molecule has 0 spiro atoms. The average molecular weight is 310 g/mol. The van der Waals surface area contributed by atoms with Crippen molar-refractivity contribution in [2.24, 2.45) is 0 Å². The first kappa shape index (κ1) is 15.4. The summed E-state index contributed by atoms with van der Waals surface area (Å²) in [6.45, 7) is 5.80. The van der Waals surface area contributed by atoms with Gasteiger partial charge in [-0.05, 0) is 38.1 Å². The summed E-state index contributed by atoms with van der Waals surface area (Å²) in [5.41, 5.74) is 1.17. The minimum Gasteiger partial charge on any atom is -0.494 e. The molecule has 2 rings (SSSR count). The Hall–Kier alpha value is -1.03. The minimum absolute atomic E-state index is 0.134. The molecule has 0 amide bonds. The van der Waals surface area contributed by atoms with Crippen molar-refractivity contribution in [3.05, 3.63) is 51.2 Å². The predicted octanol–water partition coefficient (Wildman–Crippen LogP) is 4.89. The lowest BCUT2D eigenvalue weighted by Gasteiger charge is -2.20. The van der Waals surface area contributed by atoms with Gasteiger partial charge in [-0.15, -0.1) is 11.3 Å². The predicted molar refractivity (Wildman–Crippen MR) is 87.1 cm³/mol. The van der Waals surface area contributed by atoms with Gasteiger partial charge in [0.2, 0.25) is 0 Å². The Kier molecular flexibility index (Phi) is 5.89. The average Bonchev–Trinajstić information content (AvgIpc) is 2.88. The maximum absolute atomic E-state index is 6.09. The van der Waals surface area contributed by atoms with Crippen molar-refractivity contribution in [1.29, 1.82) is 0 Å². The van der Waals surface area contributed by atoms with Crippen LogP contribution in [0, 0.1) is 0 Å². The molecule has 108 valence electrons. The van der Waals surface area contributed by atoms with E-state index in [1.807, 2.05) is 31.2 Å². The minimum atomic E-state index is 0.134. The topological polar surface area (TPSA) is 21.3 Å². The van der Waals surface area contributed by atoms with Gasteiger partial charge < -0.3 is 10.1 Å². The van der Waals surface area contributed by atoms with Crippen molar-refractivity contribution in [1.82, 2.24) is 5.32 Å². The van der Waals surface area contributed by atoms with E-state index in [0.29, 0.717) is 6.61 Å². The number of ether oxygens (including phenoxy) is 1. The quantitative estimate of drug-likeness (QED) is 0.786. The van der Waals surface area contributed by atoms with Gasteiger partial charge in [0, 0.05) is 10.4 Å². The summed E-state index contributed by atoms with van der Waals surface area (Å²) in [5.74, 6) is 0.938. The second-order valence-corrected chi connectivity index (χ2v) is 6.25. The van der Waals surface area contributed by atoms with Gasteiger partial charge in [-0.1, -0.05) is 36.7 Å². The maximum atomic E-state index is 6.09. The van der Waals surface area contributed by atoms with E-state index in [-0.39, 0.29) is 6.04 Å². The van der Waals surface area contributed by atoms with Crippen molar-refractivity contribution < 1.29 is 4.74 Å². The van der Waals surface area contributed by atoms with Gasteiger partial charge in [-0.25, -0.2) is 0 Å². The largest absolute Gasteiger partial charge is 0.494 e. The number of benzene rings is 1. The van der Waals surface area contributed by atoms with Crippen LogP contribution in [0.15, 0.2) is 36.4 Å². The summed E-state index contributed by atoms with van der Waals surface area (Å²) < 4.78 is 6.57. The standard InChI is InChI=1S/C16H20ClNOS/c1-3-11-18-16(14-9-10-15(17)20-14)12-7-5-6-8-13(12)19-4-2/h5-10,16,18H,3-4,11H2,1-2H3. The van der Waals surface area contributed by atoms with E-state index in [4.69, 9.17) is 16.3 Å². The van der Waals surface area contributed by atoms with E-state index >= 15 is 0 Å². The zero-order valence-corrected chi connectivity index (χ0v) is 13.4. The summed E-state index contributed by atoms with van der Waals surface area (Å²) in [6, 6.07) is 12.4. The fraction of sp³-hybridized carbons (Fsp3) is 0.375. The molecule has 0 bridgehead atoms. The number of para-hydroxylation sites is 1. The Labute approximate surface area is 129 Å². The first-order valence-electron chi connectivity index (χ1n) is 6.96. The number of rotatable bonds is 7. The zero-order chi connectivity index (χ0) is 14.4. The highest BCUT2D eigenvalue weighted by Crippen LogP contribution is 2.35. The molecule has 1 unspecified atom stereocenters. The molecule has 0 saturated heterocycles. The van der Waals surface area contributed by atoms with Crippen LogP contribution in [0.5, 0.6) is 5.75 Å². The third-order valence-corrected chi connectivity index (χ3v) is 4.30. The summed E-state index contributed by atoms with van der Waals surface area (Å²) in [6.07, 6.45) is 1.09. The Bertz CT molecular complexity index is 541. The van der Waals surface area contributed by atoms with Gasteiger partial charge in [0.1, 0.15) is 5.75 Å². The lowest BCUT2D eigenvalue weighted by Crippen LogP contribution is -2.23. The molecule has 2 nitrogen and oxygen atoms in total. The monoisotopic (exact) mass is 309 g/mol. The highest BCUT2D eigenvalue weighted by Gasteiger charge is 2.19. The summed E-state index contributed by atoms with van der Waals surface area (Å²) in [7, 11) is 0. The van der Waals surface area contributed by atoms with Crippen LogP contribution in [0.3, 0.4) is 0 Å². The van der Waals surface area contributed by atoms with Crippen molar-refractivity contribution in [2.75, 3.05) is 13.2 Å². The fourth-order valence-electron chi connectivity index (χ4n) is 2.14. The van der Waals surface area contributed by atoms with Gasteiger partial charge in [-0.3, -0.25) is 0 Å². The van der Waals surface area contributed by atoms with Gasteiger partial charge in [0.25, 0.3) is 0 Å². The SMILES string of the molecule is CCCNC(c1ccc(Cl)s1)c1ccccc1OCC. The molecule has 0 aliphatic rings. The highest BCUT2D eigenvalue weighted by molar-refractivity contribution is 7.16. The van der Waals surface area contributed by atoms with Crippen molar-refractivity contribution in [3.8, 4) is 5.75 Å². The molecular formula is C16H20ClNOS. The van der Waals surface area contributed by atoms with Gasteiger partial charge in [0.05, 0.1) is 17.0 Å². The highest BCUT2D eigenvalue weighted by atomic mass is 35.5. The lowest BCUT2D eigenvalue weighted by atomic mass is 10.0. The smallest absolute Gasteiger partial charge is 0.124 e. The molecule has 0 saturated carbocycles. The van der Waals surface area contributed by atoms with Crippen LogP contribution >= 0.6 is 22.9 Å². The molecule has 0 fully saturated rings. The second-order valence-electron chi connectivity index (χ2n) is 4.50. The molecule has 0 aliphatic heterocycles. The van der Waals surface area contributed by atoms with E-state index in [1.165, 1.54) is 10.4 Å². The van der Waals surface area contributed by atoms with E-state index < -0.39 is 0 Å². The van der Waals surface area contributed by atoms with Crippen molar-refractivity contribution in [3.63, 3.8) is 0 Å². The van der Waals surface area contributed by atoms with E-state index in [2.05, 4.69) is 24.4 Å². The molecule has 1 atom stereocenters. The van der Waals surface area contributed by atoms with Crippen LogP contribution in [0.25, 0.3) is 0 Å². The molecule has 0 aliphatic carbocycles. The Balaban J connectivity index is 2.35. The lowest BCUT2D eigenvalue weighted by molar-refractivity contribution is 0.333. The number of halogens is 1. The number of hydrogen-bond acceptors (Lipinski definition) is 3. The molecular weight excluding hydrogens is 290 g/mol. The third-order valence-electron chi connectivity index (χ3n) is 3.01. The molecule has 1 heterocycles. The van der Waals surface area contributed by atoms with Gasteiger partial charge in [0.15, 0.2) is 0 Å². The van der Waals surface area contributed by atoms with Crippen molar-refractivity contribution >= 4 is 22.9 Å². The van der Waals surface area contributed by atoms with E-state index in [1.54, 1.807) is 11.3 Å². The second kappa shape index (κ2) is 7.67. The van der Waals surface area contributed by atoms with E-state index in [0.717, 1.165) is 23.1 Å². The molecule has 4 heteroatoms. The van der Waals surface area contributed by atoms with Crippen LogP contribution in [0.4, 0.5) is 0 Å². The van der Waals surface area contributed by atoms with Crippen molar-refractivity contribution in [2.45, 2.75) is 26.3 Å². The van der Waals surface area contributed by atoms with Crippen LogP contribution in [0.1, 0.15) is 36.8 Å². The third kappa shape index (κ3) is 3.75. The zero-order valence-electron chi connectivity index (χ0n) is 11.9. The first-order valence-corrected chi connectivity index (χ1v) is 8.16. The Morgan fingerprint density at radius 3 is 2.65 bits per heavy atom. The number of nitrogens with one attached hydrogen (secondary N) is 1. The molecule has 1 aromatic carbocycles. The normalized spacial score (nSPS) is 12.3. The molecule has 0 radical (unpaired) electrons. The van der Waals surface area contributed by atoms with Gasteiger partial charge in [-0.2, -0.15) is 0 Å². The fourth-order valence-corrected chi connectivity index (χ4v) is 3.30. The Morgan fingerprint density at radius 1 is 1.20 bits per heavy atom. The first-order chi connectivity index (χ1) is 9.76. The van der Waals surface area contributed by atoms with Crippen LogP contribution in [-0.4, -0.2) is 13.2 Å². The molecule has 1 N–H and O–H groups in total. The van der Waals surface area contributed by atoms with Gasteiger partial charge >= 0.3 is 0 Å². The molecule has 1 aromatic heterocycles. The number of thiophene rings is 1. The Morgan fingerprint density at radius 2 is 2.00 bits per heavy atom. The molecule has 2 aromatic rings. The summed E-state index contributed by atoms with van der Waals surface area (Å²) >= 11 is 7.70. The van der Waals surface area contributed by atoms with E-state index in [9.17, 15) is 0 Å².